The average Bonchev–Trinajstić information content (AvgIpc) is 3.07. The minimum atomic E-state index is 0.0328. The van der Waals surface area contributed by atoms with Crippen molar-refractivity contribution >= 4 is 17.7 Å². The molecule has 3 atom stereocenters. The quantitative estimate of drug-likeness (QED) is 0.836. The minimum absolute atomic E-state index is 0.0328. The first-order valence-corrected chi connectivity index (χ1v) is 9.43. The normalized spacial score (nSPS) is 23.8. The van der Waals surface area contributed by atoms with Gasteiger partial charge in [-0.2, -0.15) is 0 Å². The molecular weight excluding hydrogens is 322 g/mol. The van der Waals surface area contributed by atoms with Crippen molar-refractivity contribution in [3.05, 3.63) is 30.3 Å². The molecule has 0 saturated heterocycles. The fourth-order valence-corrected chi connectivity index (χ4v) is 3.70. The zero-order chi connectivity index (χ0) is 16.9. The molecule has 0 unspecified atom stereocenters. The van der Waals surface area contributed by atoms with Gasteiger partial charge in [-0.25, -0.2) is 0 Å². The van der Waals surface area contributed by atoms with Crippen LogP contribution in [0.3, 0.4) is 0 Å². The topological polar surface area (TPSA) is 68.0 Å². The van der Waals surface area contributed by atoms with Crippen LogP contribution in [-0.2, 0) is 4.79 Å². The van der Waals surface area contributed by atoms with Crippen LogP contribution in [0.25, 0.3) is 11.5 Å². The molecule has 1 saturated carbocycles. The molecule has 1 amide bonds. The number of aromatic nitrogens is 2. The highest BCUT2D eigenvalue weighted by molar-refractivity contribution is 7.99. The van der Waals surface area contributed by atoms with Crippen molar-refractivity contribution in [3.63, 3.8) is 0 Å². The first-order valence-electron chi connectivity index (χ1n) is 8.44. The number of nitrogens with zero attached hydrogens (tertiary/aromatic N) is 2. The van der Waals surface area contributed by atoms with Gasteiger partial charge in [-0.05, 0) is 30.4 Å². The Bertz CT molecular complexity index is 674. The second-order valence-corrected chi connectivity index (χ2v) is 7.40. The van der Waals surface area contributed by atoms with Crippen LogP contribution in [0.5, 0.6) is 0 Å². The molecule has 1 aromatic heterocycles. The number of nitrogens with one attached hydrogen (secondary N) is 1. The summed E-state index contributed by atoms with van der Waals surface area (Å²) in [7, 11) is 0. The fraction of sp³-hybridized carbons (Fsp3) is 0.500. The molecule has 5 nitrogen and oxygen atoms in total. The highest BCUT2D eigenvalue weighted by Crippen LogP contribution is 2.29. The lowest BCUT2D eigenvalue weighted by Gasteiger charge is -2.34. The Labute approximate surface area is 146 Å². The van der Waals surface area contributed by atoms with E-state index in [2.05, 4.69) is 29.4 Å². The molecule has 1 aromatic carbocycles. The van der Waals surface area contributed by atoms with E-state index in [1.165, 1.54) is 24.6 Å². The van der Waals surface area contributed by atoms with Gasteiger partial charge in [0.15, 0.2) is 0 Å². The molecular formula is C18H23N3O2S. The molecule has 0 aliphatic heterocycles. The summed E-state index contributed by atoms with van der Waals surface area (Å²) in [5, 5.41) is 11.6. The van der Waals surface area contributed by atoms with E-state index in [1.807, 2.05) is 30.3 Å². The average molecular weight is 345 g/mol. The number of rotatable bonds is 5. The lowest BCUT2D eigenvalue weighted by atomic mass is 9.78. The summed E-state index contributed by atoms with van der Waals surface area (Å²) in [5.41, 5.74) is 0.881. The van der Waals surface area contributed by atoms with Crippen LogP contribution in [0.2, 0.25) is 0 Å². The van der Waals surface area contributed by atoms with Crippen molar-refractivity contribution < 1.29 is 9.21 Å². The second kappa shape index (κ2) is 7.83. The van der Waals surface area contributed by atoms with E-state index in [4.69, 9.17) is 4.42 Å². The number of amides is 1. The van der Waals surface area contributed by atoms with E-state index >= 15 is 0 Å². The molecule has 1 heterocycles. The maximum absolute atomic E-state index is 12.2. The molecule has 1 fully saturated rings. The smallest absolute Gasteiger partial charge is 0.277 e. The summed E-state index contributed by atoms with van der Waals surface area (Å²) < 4.78 is 5.61. The number of benzene rings is 1. The number of hydrogen-bond acceptors (Lipinski definition) is 5. The largest absolute Gasteiger partial charge is 0.411 e. The highest BCUT2D eigenvalue weighted by Gasteiger charge is 2.28. The lowest BCUT2D eigenvalue weighted by Crippen LogP contribution is -2.44. The van der Waals surface area contributed by atoms with Gasteiger partial charge in [0.1, 0.15) is 0 Å². The Balaban J connectivity index is 1.51. The summed E-state index contributed by atoms with van der Waals surface area (Å²) in [4.78, 5) is 12.2. The van der Waals surface area contributed by atoms with Gasteiger partial charge in [-0.15, -0.1) is 10.2 Å². The minimum Gasteiger partial charge on any atom is -0.411 e. The van der Waals surface area contributed by atoms with Crippen molar-refractivity contribution in [1.29, 1.82) is 0 Å². The predicted molar refractivity (Wildman–Crippen MR) is 94.6 cm³/mol. The number of carbonyl (C=O) groups is 1. The van der Waals surface area contributed by atoms with Crippen LogP contribution in [-0.4, -0.2) is 27.9 Å². The van der Waals surface area contributed by atoms with E-state index in [1.54, 1.807) is 0 Å². The summed E-state index contributed by atoms with van der Waals surface area (Å²) in [6, 6.07) is 9.90. The fourth-order valence-electron chi connectivity index (χ4n) is 3.13. The van der Waals surface area contributed by atoms with Gasteiger partial charge in [0.25, 0.3) is 5.22 Å². The Kier molecular flexibility index (Phi) is 5.56. The van der Waals surface area contributed by atoms with Gasteiger partial charge in [0.2, 0.25) is 11.8 Å². The van der Waals surface area contributed by atoms with Crippen LogP contribution in [0, 0.1) is 11.8 Å². The molecule has 0 radical (unpaired) electrons. The Morgan fingerprint density at radius 1 is 1.25 bits per heavy atom. The molecule has 2 aromatic rings. The SMILES string of the molecule is C[C@H]1[C@H](C)CCC[C@H]1NC(=O)CSc1nnc(-c2ccccc2)o1. The van der Waals surface area contributed by atoms with Crippen LogP contribution in [0.15, 0.2) is 40.0 Å². The van der Waals surface area contributed by atoms with Crippen molar-refractivity contribution in [2.24, 2.45) is 11.8 Å². The molecule has 1 aliphatic carbocycles. The molecule has 0 spiro atoms. The lowest BCUT2D eigenvalue weighted by molar-refractivity contribution is -0.120. The first-order chi connectivity index (χ1) is 11.6. The van der Waals surface area contributed by atoms with Crippen molar-refractivity contribution in [2.45, 2.75) is 44.4 Å². The molecule has 3 rings (SSSR count). The van der Waals surface area contributed by atoms with Crippen LogP contribution in [0.1, 0.15) is 33.1 Å². The summed E-state index contributed by atoms with van der Waals surface area (Å²) in [5.74, 6) is 2.01. The summed E-state index contributed by atoms with van der Waals surface area (Å²) in [6.45, 7) is 4.49. The highest BCUT2D eigenvalue weighted by atomic mass is 32.2. The van der Waals surface area contributed by atoms with Gasteiger partial charge in [-0.1, -0.05) is 56.7 Å². The third-order valence-electron chi connectivity index (χ3n) is 4.81. The third-order valence-corrected chi connectivity index (χ3v) is 5.63. The van der Waals surface area contributed by atoms with Crippen molar-refractivity contribution in [3.8, 4) is 11.5 Å². The zero-order valence-electron chi connectivity index (χ0n) is 14.1. The van der Waals surface area contributed by atoms with E-state index in [0.717, 1.165) is 12.0 Å². The molecule has 128 valence electrons. The Hall–Kier alpha value is -1.82. The summed E-state index contributed by atoms with van der Waals surface area (Å²) >= 11 is 1.28. The van der Waals surface area contributed by atoms with Crippen LogP contribution >= 0.6 is 11.8 Å². The number of hydrogen-bond donors (Lipinski definition) is 1. The van der Waals surface area contributed by atoms with Gasteiger partial charge in [-0.3, -0.25) is 4.79 Å². The summed E-state index contributed by atoms with van der Waals surface area (Å²) in [6.07, 6.45) is 3.51. The van der Waals surface area contributed by atoms with Gasteiger partial charge in [0.05, 0.1) is 5.75 Å². The molecule has 0 bridgehead atoms. The van der Waals surface area contributed by atoms with Crippen molar-refractivity contribution in [1.82, 2.24) is 15.5 Å². The number of thioether (sulfide) groups is 1. The van der Waals surface area contributed by atoms with Gasteiger partial charge in [0, 0.05) is 11.6 Å². The molecule has 24 heavy (non-hydrogen) atoms. The first kappa shape index (κ1) is 17.0. The molecule has 1 aliphatic rings. The maximum atomic E-state index is 12.2. The predicted octanol–water partition coefficient (Wildman–Crippen LogP) is 3.77. The van der Waals surface area contributed by atoms with E-state index in [-0.39, 0.29) is 11.9 Å². The van der Waals surface area contributed by atoms with Gasteiger partial charge >= 0.3 is 0 Å². The van der Waals surface area contributed by atoms with Crippen molar-refractivity contribution in [2.75, 3.05) is 5.75 Å². The van der Waals surface area contributed by atoms with E-state index in [9.17, 15) is 4.79 Å². The Morgan fingerprint density at radius 2 is 2.04 bits per heavy atom. The van der Waals surface area contributed by atoms with Gasteiger partial charge < -0.3 is 9.73 Å². The zero-order valence-corrected chi connectivity index (χ0v) is 14.9. The van der Waals surface area contributed by atoms with Crippen LogP contribution < -0.4 is 5.32 Å². The Morgan fingerprint density at radius 3 is 2.83 bits per heavy atom. The standard InChI is InChI=1S/C18H23N3O2S/c1-12-7-6-10-15(13(12)2)19-16(22)11-24-18-21-20-17(23-18)14-8-4-3-5-9-14/h3-5,8-9,12-13,15H,6-7,10-11H2,1-2H3,(H,19,22)/t12-,13+,15-/m1/s1. The monoisotopic (exact) mass is 345 g/mol. The number of carbonyl (C=O) groups excluding carboxylic acids is 1. The third kappa shape index (κ3) is 4.17. The van der Waals surface area contributed by atoms with E-state index in [0.29, 0.717) is 28.7 Å². The maximum Gasteiger partial charge on any atom is 0.277 e. The second-order valence-electron chi connectivity index (χ2n) is 6.47. The van der Waals surface area contributed by atoms with E-state index < -0.39 is 0 Å². The van der Waals surface area contributed by atoms with Crippen LogP contribution in [0.4, 0.5) is 0 Å². The molecule has 6 heteroatoms. The molecule has 1 N–H and O–H groups in total.